The summed E-state index contributed by atoms with van der Waals surface area (Å²) in [7, 11) is 0. The number of amides is 2. The Bertz CT molecular complexity index is 599. The van der Waals surface area contributed by atoms with Crippen molar-refractivity contribution in [2.45, 2.75) is 57.7 Å². The Kier molecular flexibility index (Phi) is 3.62. The van der Waals surface area contributed by atoms with Crippen molar-refractivity contribution >= 4 is 12.0 Å². The van der Waals surface area contributed by atoms with Gasteiger partial charge in [-0.05, 0) is 45.6 Å². The zero-order chi connectivity index (χ0) is 16.7. The van der Waals surface area contributed by atoms with E-state index >= 15 is 0 Å². The Morgan fingerprint density at radius 3 is 2.30 bits per heavy atom. The van der Waals surface area contributed by atoms with Crippen molar-refractivity contribution in [1.82, 2.24) is 10.6 Å². The van der Waals surface area contributed by atoms with E-state index in [1.807, 2.05) is 51.1 Å². The van der Waals surface area contributed by atoms with Crippen molar-refractivity contribution in [2.24, 2.45) is 5.41 Å². The maximum Gasteiger partial charge on any atom is 0.408 e. The topological polar surface area (TPSA) is 67.4 Å². The first-order valence-electron chi connectivity index (χ1n) is 8.06. The summed E-state index contributed by atoms with van der Waals surface area (Å²) in [6.07, 6.45) is 1.73. The fraction of sp³-hybridized carbons (Fsp3) is 0.556. The van der Waals surface area contributed by atoms with Gasteiger partial charge in [0.2, 0.25) is 5.91 Å². The highest BCUT2D eigenvalue weighted by Crippen LogP contribution is 2.67. The number of hydrogen-bond donors (Lipinski definition) is 2. The summed E-state index contributed by atoms with van der Waals surface area (Å²) < 4.78 is 5.28. The van der Waals surface area contributed by atoms with Crippen molar-refractivity contribution in [2.75, 3.05) is 0 Å². The molecule has 0 saturated heterocycles. The minimum Gasteiger partial charge on any atom is -0.444 e. The second-order valence-corrected chi connectivity index (χ2v) is 7.89. The van der Waals surface area contributed by atoms with E-state index in [1.165, 1.54) is 0 Å². The third-order valence-electron chi connectivity index (χ3n) is 4.57. The zero-order valence-corrected chi connectivity index (χ0v) is 13.9. The van der Waals surface area contributed by atoms with Gasteiger partial charge in [-0.1, -0.05) is 30.3 Å². The van der Waals surface area contributed by atoms with Crippen LogP contribution in [-0.4, -0.2) is 23.1 Å². The highest BCUT2D eigenvalue weighted by atomic mass is 16.6. The molecule has 0 aliphatic heterocycles. The first-order valence-corrected chi connectivity index (χ1v) is 8.06. The Balaban J connectivity index is 1.45. The van der Waals surface area contributed by atoms with Crippen LogP contribution in [0.25, 0.3) is 0 Å². The van der Waals surface area contributed by atoms with Crippen molar-refractivity contribution in [3.05, 3.63) is 35.9 Å². The smallest absolute Gasteiger partial charge is 0.408 e. The predicted octanol–water partition coefficient (Wildman–Crippen LogP) is 2.75. The molecule has 1 aromatic carbocycles. The number of rotatable bonds is 4. The van der Waals surface area contributed by atoms with Crippen LogP contribution in [0.4, 0.5) is 4.79 Å². The molecule has 3 aliphatic carbocycles. The van der Waals surface area contributed by atoms with Crippen LogP contribution in [0.5, 0.6) is 0 Å². The van der Waals surface area contributed by atoms with Crippen LogP contribution in [0.2, 0.25) is 0 Å². The molecule has 0 aromatic heterocycles. The summed E-state index contributed by atoms with van der Waals surface area (Å²) >= 11 is 0. The fourth-order valence-electron chi connectivity index (χ4n) is 3.65. The summed E-state index contributed by atoms with van der Waals surface area (Å²) in [4.78, 5) is 24.2. The van der Waals surface area contributed by atoms with Gasteiger partial charge in [-0.3, -0.25) is 4.79 Å². The molecular weight excluding hydrogens is 292 g/mol. The third-order valence-corrected chi connectivity index (χ3v) is 4.57. The number of nitrogens with one attached hydrogen (secondary N) is 2. The van der Waals surface area contributed by atoms with Gasteiger partial charge in [0.25, 0.3) is 0 Å². The number of hydrogen-bond acceptors (Lipinski definition) is 3. The van der Waals surface area contributed by atoms with Crippen molar-refractivity contribution in [3.63, 3.8) is 0 Å². The number of alkyl carbamates (subject to hydrolysis) is 1. The molecule has 5 nitrogen and oxygen atoms in total. The maximum atomic E-state index is 12.4. The Morgan fingerprint density at radius 1 is 1.13 bits per heavy atom. The molecule has 3 aliphatic rings. The van der Waals surface area contributed by atoms with E-state index in [-0.39, 0.29) is 16.9 Å². The average molecular weight is 316 g/mol. The van der Waals surface area contributed by atoms with E-state index in [1.54, 1.807) is 0 Å². The van der Waals surface area contributed by atoms with Crippen LogP contribution >= 0.6 is 0 Å². The summed E-state index contributed by atoms with van der Waals surface area (Å²) in [6, 6.07) is 9.87. The van der Waals surface area contributed by atoms with E-state index in [2.05, 4.69) is 10.6 Å². The molecule has 0 heterocycles. The van der Waals surface area contributed by atoms with Gasteiger partial charge in [0.1, 0.15) is 5.60 Å². The lowest BCUT2D eigenvalue weighted by atomic mass is 9.39. The van der Waals surface area contributed by atoms with Crippen LogP contribution in [0, 0.1) is 5.41 Å². The molecule has 124 valence electrons. The lowest BCUT2D eigenvalue weighted by Crippen LogP contribution is -2.78. The Hall–Kier alpha value is -2.04. The molecule has 3 saturated carbocycles. The van der Waals surface area contributed by atoms with Gasteiger partial charge < -0.3 is 15.4 Å². The molecule has 5 heteroatoms. The highest BCUT2D eigenvalue weighted by molar-refractivity contribution is 5.88. The van der Waals surface area contributed by atoms with Gasteiger partial charge in [-0.15, -0.1) is 0 Å². The van der Waals surface area contributed by atoms with E-state index in [9.17, 15) is 9.59 Å². The van der Waals surface area contributed by atoms with E-state index in [0.29, 0.717) is 25.8 Å². The van der Waals surface area contributed by atoms with E-state index in [4.69, 9.17) is 4.74 Å². The van der Waals surface area contributed by atoms with E-state index < -0.39 is 11.7 Å². The molecule has 0 atom stereocenters. The minimum atomic E-state index is -0.502. The standard InChI is InChI=1S/C18H24N2O3/c1-16(2,3)23-15(22)20-18-10-17(11-18,12-18)14(21)19-9-13-7-5-4-6-8-13/h4-8H,9-12H2,1-3H3,(H,19,21)(H,20,22). The first-order chi connectivity index (χ1) is 10.7. The molecule has 1 aromatic rings. The highest BCUT2D eigenvalue weighted by Gasteiger charge is 2.72. The third kappa shape index (κ3) is 3.19. The van der Waals surface area contributed by atoms with Gasteiger partial charge in [-0.2, -0.15) is 0 Å². The monoisotopic (exact) mass is 316 g/mol. The normalized spacial score (nSPS) is 28.1. The van der Waals surface area contributed by atoms with Crippen LogP contribution in [0.1, 0.15) is 45.6 Å². The number of carbonyl (C=O) groups is 2. The van der Waals surface area contributed by atoms with Gasteiger partial charge in [0.15, 0.2) is 0 Å². The molecule has 2 N–H and O–H groups in total. The average Bonchev–Trinajstić information content (AvgIpc) is 2.37. The summed E-state index contributed by atoms with van der Waals surface area (Å²) in [6.45, 7) is 6.07. The summed E-state index contributed by atoms with van der Waals surface area (Å²) in [5, 5.41) is 5.93. The molecule has 3 fully saturated rings. The zero-order valence-electron chi connectivity index (χ0n) is 13.9. The Labute approximate surface area is 136 Å². The van der Waals surface area contributed by atoms with Crippen LogP contribution in [0.3, 0.4) is 0 Å². The van der Waals surface area contributed by atoms with Gasteiger partial charge in [0.05, 0.1) is 5.41 Å². The van der Waals surface area contributed by atoms with E-state index in [0.717, 1.165) is 5.56 Å². The van der Waals surface area contributed by atoms with Crippen LogP contribution in [0.15, 0.2) is 30.3 Å². The minimum absolute atomic E-state index is 0.0919. The van der Waals surface area contributed by atoms with Gasteiger partial charge in [-0.25, -0.2) is 4.79 Å². The summed E-state index contributed by atoms with van der Waals surface area (Å²) in [5.74, 6) is 0.0919. The van der Waals surface area contributed by atoms with Crippen LogP contribution < -0.4 is 10.6 Å². The Morgan fingerprint density at radius 2 is 1.74 bits per heavy atom. The molecule has 0 unspecified atom stereocenters. The van der Waals surface area contributed by atoms with Crippen molar-refractivity contribution < 1.29 is 14.3 Å². The molecule has 2 amide bonds. The lowest BCUT2D eigenvalue weighted by Gasteiger charge is -2.68. The molecule has 2 bridgehead atoms. The quantitative estimate of drug-likeness (QED) is 0.897. The largest absolute Gasteiger partial charge is 0.444 e. The van der Waals surface area contributed by atoms with Gasteiger partial charge in [0, 0.05) is 12.1 Å². The van der Waals surface area contributed by atoms with Gasteiger partial charge >= 0.3 is 6.09 Å². The molecule has 4 rings (SSSR count). The second-order valence-electron chi connectivity index (χ2n) is 7.89. The SMILES string of the molecule is CC(C)(C)OC(=O)NC12CC(C(=O)NCc3ccccc3)(C1)C2. The summed E-state index contributed by atoms with van der Waals surface area (Å²) in [5.41, 5.74) is 0.0724. The number of ether oxygens (including phenoxy) is 1. The maximum absolute atomic E-state index is 12.4. The fourth-order valence-corrected chi connectivity index (χ4v) is 3.65. The lowest BCUT2D eigenvalue weighted by molar-refractivity contribution is -0.179. The number of carbonyl (C=O) groups excluding carboxylic acids is 2. The van der Waals surface area contributed by atoms with Crippen LogP contribution in [-0.2, 0) is 16.1 Å². The van der Waals surface area contributed by atoms with Crippen molar-refractivity contribution in [1.29, 1.82) is 0 Å². The number of benzene rings is 1. The van der Waals surface area contributed by atoms with Crippen molar-refractivity contribution in [3.8, 4) is 0 Å². The molecular formula is C18H24N2O3. The molecule has 23 heavy (non-hydrogen) atoms. The first kappa shape index (κ1) is 15.8. The molecule has 0 spiro atoms. The predicted molar refractivity (Wildman–Crippen MR) is 86.7 cm³/mol. The molecule has 0 radical (unpaired) electrons. The second kappa shape index (κ2) is 5.25.